The summed E-state index contributed by atoms with van der Waals surface area (Å²) in [7, 11) is 0. The molecule has 6 fully saturated rings. The van der Waals surface area contributed by atoms with Gasteiger partial charge in [-0.1, -0.05) is 13.8 Å². The molecule has 5 nitrogen and oxygen atoms in total. The van der Waals surface area contributed by atoms with E-state index in [1.54, 1.807) is 0 Å². The van der Waals surface area contributed by atoms with Gasteiger partial charge in [-0.25, -0.2) is 0 Å². The van der Waals surface area contributed by atoms with Crippen molar-refractivity contribution >= 4 is 0 Å². The molecule has 0 aromatic carbocycles. The summed E-state index contributed by atoms with van der Waals surface area (Å²) in [6.07, 6.45) is 5.45. The van der Waals surface area contributed by atoms with E-state index < -0.39 is 22.9 Å². The van der Waals surface area contributed by atoms with Crippen LogP contribution in [-0.2, 0) is 9.47 Å². The highest BCUT2D eigenvalue weighted by atomic mass is 16.7. The van der Waals surface area contributed by atoms with Gasteiger partial charge in [-0.3, -0.25) is 0 Å². The lowest BCUT2D eigenvalue weighted by atomic mass is 9.43. The number of rotatable bonds is 1. The third-order valence-electron chi connectivity index (χ3n) is 11.4. The Labute approximate surface area is 167 Å². The van der Waals surface area contributed by atoms with Crippen LogP contribution in [0.15, 0.2) is 0 Å². The fraction of sp³-hybridized carbons (Fsp3) is 1.00. The van der Waals surface area contributed by atoms with Gasteiger partial charge in [-0.15, -0.1) is 0 Å². The van der Waals surface area contributed by atoms with Crippen molar-refractivity contribution in [1.29, 1.82) is 0 Å². The van der Waals surface area contributed by atoms with Crippen molar-refractivity contribution in [2.24, 2.45) is 39.9 Å². The summed E-state index contributed by atoms with van der Waals surface area (Å²) >= 11 is 0. The van der Waals surface area contributed by atoms with Gasteiger partial charge >= 0.3 is 0 Å². The van der Waals surface area contributed by atoms with E-state index in [-0.39, 0.29) is 34.7 Å². The average molecular weight is 393 g/mol. The first-order chi connectivity index (χ1) is 13.1. The van der Waals surface area contributed by atoms with Gasteiger partial charge in [0.05, 0.1) is 31.0 Å². The summed E-state index contributed by atoms with van der Waals surface area (Å²) in [6, 6.07) is 0. The second kappa shape index (κ2) is 5.16. The number of hydrogen-bond donors (Lipinski definition) is 3. The summed E-state index contributed by atoms with van der Waals surface area (Å²) in [4.78, 5) is 0. The van der Waals surface area contributed by atoms with Crippen LogP contribution in [0.25, 0.3) is 0 Å². The minimum atomic E-state index is -0.975. The van der Waals surface area contributed by atoms with Gasteiger partial charge in [0.25, 0.3) is 0 Å². The van der Waals surface area contributed by atoms with Gasteiger partial charge < -0.3 is 24.8 Å². The van der Waals surface area contributed by atoms with Gasteiger partial charge in [0.1, 0.15) is 0 Å². The summed E-state index contributed by atoms with van der Waals surface area (Å²) in [5.41, 5.74) is -1.55. The SMILES string of the molecule is CC1([C@H]2CC[C@]3(O)[C@@H]4C[C@@H](O)[C@]56C[C@@H]5CC[C@]6(C)[C@H]4C[C@@H](O)[C@]23C)OCCO1. The number of ether oxygens (including phenoxy) is 2. The Bertz CT molecular complexity index is 705. The van der Waals surface area contributed by atoms with Gasteiger partial charge in [-0.05, 0) is 75.0 Å². The van der Waals surface area contributed by atoms with E-state index in [9.17, 15) is 15.3 Å². The first kappa shape index (κ1) is 18.6. The molecule has 5 heteroatoms. The van der Waals surface area contributed by atoms with Crippen molar-refractivity contribution in [1.82, 2.24) is 0 Å². The highest BCUT2D eigenvalue weighted by Crippen LogP contribution is 2.82. The second-order valence-electron chi connectivity index (χ2n) is 11.6. The van der Waals surface area contributed by atoms with E-state index in [0.717, 1.165) is 25.7 Å². The fourth-order valence-electron chi connectivity index (χ4n) is 9.81. The Morgan fingerprint density at radius 1 is 0.857 bits per heavy atom. The summed E-state index contributed by atoms with van der Waals surface area (Å²) in [6.45, 7) is 7.55. The maximum Gasteiger partial charge on any atom is 0.169 e. The van der Waals surface area contributed by atoms with Crippen LogP contribution in [0, 0.1) is 39.9 Å². The van der Waals surface area contributed by atoms with E-state index in [4.69, 9.17) is 9.47 Å². The molecule has 5 aliphatic carbocycles. The van der Waals surface area contributed by atoms with E-state index in [2.05, 4.69) is 13.8 Å². The number of aliphatic hydroxyl groups is 3. The quantitative estimate of drug-likeness (QED) is 0.639. The molecule has 0 aromatic rings. The molecule has 0 aromatic heterocycles. The average Bonchev–Trinajstić information content (AvgIpc) is 2.91. The van der Waals surface area contributed by atoms with Crippen molar-refractivity contribution in [2.45, 2.75) is 89.3 Å². The van der Waals surface area contributed by atoms with E-state index in [1.165, 1.54) is 6.42 Å². The van der Waals surface area contributed by atoms with E-state index in [1.807, 2.05) is 6.92 Å². The Balaban J connectivity index is 1.43. The Morgan fingerprint density at radius 2 is 1.54 bits per heavy atom. The monoisotopic (exact) mass is 392 g/mol. The topological polar surface area (TPSA) is 79.2 Å². The third-order valence-corrected chi connectivity index (χ3v) is 11.4. The molecular weight excluding hydrogens is 356 g/mol. The minimum absolute atomic E-state index is 0.0402. The minimum Gasteiger partial charge on any atom is -0.393 e. The molecule has 3 N–H and O–H groups in total. The van der Waals surface area contributed by atoms with Crippen LogP contribution in [0.4, 0.5) is 0 Å². The highest BCUT2D eigenvalue weighted by Gasteiger charge is 2.80. The van der Waals surface area contributed by atoms with Gasteiger partial charge in [0.2, 0.25) is 0 Å². The molecule has 0 unspecified atom stereocenters. The van der Waals surface area contributed by atoms with Crippen LogP contribution in [0.5, 0.6) is 0 Å². The molecule has 6 rings (SSSR count). The molecule has 10 atom stereocenters. The highest BCUT2D eigenvalue weighted by molar-refractivity contribution is 5.29. The van der Waals surface area contributed by atoms with E-state index >= 15 is 0 Å². The summed E-state index contributed by atoms with van der Waals surface area (Å²) < 4.78 is 12.0. The van der Waals surface area contributed by atoms with Gasteiger partial charge in [-0.2, -0.15) is 0 Å². The lowest BCUT2D eigenvalue weighted by Gasteiger charge is -2.65. The van der Waals surface area contributed by atoms with Crippen molar-refractivity contribution in [3.05, 3.63) is 0 Å². The van der Waals surface area contributed by atoms with Crippen molar-refractivity contribution in [3.8, 4) is 0 Å². The smallest absolute Gasteiger partial charge is 0.169 e. The molecule has 0 amide bonds. The summed E-state index contributed by atoms with van der Waals surface area (Å²) in [5, 5.41) is 35.1. The molecule has 5 saturated carbocycles. The molecule has 158 valence electrons. The molecule has 0 radical (unpaired) electrons. The Morgan fingerprint density at radius 3 is 2.21 bits per heavy atom. The first-order valence-electron chi connectivity index (χ1n) is 11.5. The fourth-order valence-corrected chi connectivity index (χ4v) is 9.81. The molecule has 0 bridgehead atoms. The van der Waals surface area contributed by atoms with Crippen LogP contribution in [0.3, 0.4) is 0 Å². The van der Waals surface area contributed by atoms with Crippen LogP contribution < -0.4 is 0 Å². The molecular formula is C23H36O5. The standard InChI is InChI=1S/C23H36O5/c1-19-6-4-13-12-22(13,19)18(25)11-15-14(19)10-17(24)20(2)16(5-7-23(15,20)26)21(3)27-8-9-28-21/h13-18,24-26H,4-12H2,1-3H3/t13-,14-,15+,16-,17+,18+,19+,20-,22-,23-/m0/s1. The van der Waals surface area contributed by atoms with Crippen molar-refractivity contribution < 1.29 is 24.8 Å². The third kappa shape index (κ3) is 1.73. The van der Waals surface area contributed by atoms with Crippen LogP contribution in [-0.4, -0.2) is 52.1 Å². The lowest BCUT2D eigenvalue weighted by molar-refractivity contribution is -0.289. The zero-order valence-electron chi connectivity index (χ0n) is 17.5. The zero-order chi connectivity index (χ0) is 19.7. The van der Waals surface area contributed by atoms with Gasteiger partial charge in [0.15, 0.2) is 5.79 Å². The van der Waals surface area contributed by atoms with Crippen LogP contribution in [0.2, 0.25) is 0 Å². The second-order valence-corrected chi connectivity index (χ2v) is 11.6. The predicted molar refractivity (Wildman–Crippen MR) is 102 cm³/mol. The number of hydrogen-bond acceptors (Lipinski definition) is 5. The Hall–Kier alpha value is -0.200. The van der Waals surface area contributed by atoms with E-state index in [0.29, 0.717) is 32.0 Å². The molecule has 1 aliphatic heterocycles. The number of aliphatic hydroxyl groups excluding tert-OH is 2. The lowest BCUT2D eigenvalue weighted by Crippen LogP contribution is -2.69. The molecule has 1 saturated heterocycles. The largest absolute Gasteiger partial charge is 0.393 e. The van der Waals surface area contributed by atoms with Crippen molar-refractivity contribution in [2.75, 3.05) is 13.2 Å². The van der Waals surface area contributed by atoms with Crippen LogP contribution >= 0.6 is 0 Å². The Kier molecular flexibility index (Phi) is 3.42. The molecule has 1 heterocycles. The maximum atomic E-state index is 12.2. The number of fused-ring (bicyclic) bond motifs is 4. The molecule has 6 aliphatic rings. The molecule has 1 spiro atoms. The summed E-state index contributed by atoms with van der Waals surface area (Å²) in [5.74, 6) is 0.209. The first-order valence-corrected chi connectivity index (χ1v) is 11.5. The zero-order valence-corrected chi connectivity index (χ0v) is 17.5. The van der Waals surface area contributed by atoms with Gasteiger partial charge in [0, 0.05) is 16.7 Å². The maximum absolute atomic E-state index is 12.2. The van der Waals surface area contributed by atoms with Crippen molar-refractivity contribution in [3.63, 3.8) is 0 Å². The predicted octanol–water partition coefficient (Wildman–Crippen LogP) is 2.46. The van der Waals surface area contributed by atoms with Crippen LogP contribution in [0.1, 0.15) is 65.7 Å². The molecule has 28 heavy (non-hydrogen) atoms. The normalized spacial score (nSPS) is 64.1.